The maximum Gasteiger partial charge on any atom is 0.534 e. The number of hydrogen-bond acceptors (Lipinski definition) is 5. The van der Waals surface area contributed by atoms with Crippen molar-refractivity contribution in [3.8, 4) is 5.88 Å². The van der Waals surface area contributed by atoms with Crippen LogP contribution in [0.1, 0.15) is 16.8 Å². The number of nitrogens with one attached hydrogen (secondary N) is 1. The van der Waals surface area contributed by atoms with Crippen molar-refractivity contribution >= 4 is 26.6 Å². The minimum absolute atomic E-state index is 0.206. The summed E-state index contributed by atoms with van der Waals surface area (Å²) in [5, 5.41) is 3.90. The molecule has 1 aliphatic rings. The number of rotatable bonds is 4. The van der Waals surface area contributed by atoms with Gasteiger partial charge in [0, 0.05) is 29.7 Å². The highest BCUT2D eigenvalue weighted by atomic mass is 32.2. The highest BCUT2D eigenvalue weighted by molar-refractivity contribution is 7.88. The largest absolute Gasteiger partial charge is 0.534 e. The van der Waals surface area contributed by atoms with Crippen molar-refractivity contribution in [1.82, 2.24) is 4.98 Å². The topological polar surface area (TPSA) is 68.3 Å². The van der Waals surface area contributed by atoms with Crippen LogP contribution in [0, 0.1) is 0 Å². The molecule has 0 saturated heterocycles. The second kappa shape index (κ2) is 6.66. The summed E-state index contributed by atoms with van der Waals surface area (Å²) in [4.78, 5) is 4.09. The van der Waals surface area contributed by atoms with E-state index < -0.39 is 21.5 Å². The Morgan fingerprint density at radius 1 is 1.11 bits per heavy atom. The number of halogens is 3. The molecule has 9 heteroatoms. The van der Waals surface area contributed by atoms with Crippen molar-refractivity contribution in [3.63, 3.8) is 0 Å². The summed E-state index contributed by atoms with van der Waals surface area (Å²) in [7, 11) is -5.83. The molecule has 0 spiro atoms. The normalized spacial score (nSPS) is 14.0. The van der Waals surface area contributed by atoms with Gasteiger partial charge >= 0.3 is 15.6 Å². The fourth-order valence-corrected chi connectivity index (χ4v) is 3.61. The van der Waals surface area contributed by atoms with Crippen LogP contribution in [0.15, 0.2) is 48.5 Å². The molecule has 0 fully saturated rings. The van der Waals surface area contributed by atoms with Crippen LogP contribution in [0.25, 0.3) is 10.8 Å². The fraction of sp³-hybridized carbons (Fsp3) is 0.211. The molecule has 0 aliphatic carbocycles. The van der Waals surface area contributed by atoms with Gasteiger partial charge < -0.3 is 9.50 Å². The minimum Gasteiger partial charge on any atom is -0.384 e. The van der Waals surface area contributed by atoms with E-state index in [0.29, 0.717) is 24.0 Å². The molecule has 28 heavy (non-hydrogen) atoms. The summed E-state index contributed by atoms with van der Waals surface area (Å²) in [5.41, 5.74) is -2.49. The van der Waals surface area contributed by atoms with Gasteiger partial charge in [0.25, 0.3) is 0 Å². The van der Waals surface area contributed by atoms with Crippen LogP contribution in [0.2, 0.25) is 0 Å². The maximum absolute atomic E-state index is 12.8. The number of benzene rings is 2. The van der Waals surface area contributed by atoms with E-state index in [9.17, 15) is 21.6 Å². The maximum atomic E-state index is 12.8. The molecule has 2 aromatic carbocycles. The number of aromatic nitrogens is 1. The summed E-state index contributed by atoms with van der Waals surface area (Å²) in [5.74, 6) is -0.572. The average Bonchev–Trinajstić information content (AvgIpc) is 3.07. The predicted molar refractivity (Wildman–Crippen MR) is 98.8 cm³/mol. The second-order valence-electron chi connectivity index (χ2n) is 6.47. The van der Waals surface area contributed by atoms with Crippen LogP contribution < -0.4 is 9.50 Å². The molecule has 0 saturated carbocycles. The number of hydrogen-bond donors (Lipinski definition) is 1. The molecule has 1 aromatic heterocycles. The Labute approximate surface area is 159 Å². The van der Waals surface area contributed by atoms with Crippen molar-refractivity contribution in [2.75, 3.05) is 11.9 Å². The van der Waals surface area contributed by atoms with Crippen LogP contribution in [0.3, 0.4) is 0 Å². The zero-order chi connectivity index (χ0) is 19.9. The zero-order valence-corrected chi connectivity index (χ0v) is 15.3. The van der Waals surface area contributed by atoms with Gasteiger partial charge in [-0.3, -0.25) is 0 Å². The number of nitrogens with zero attached hydrogens (tertiary/aromatic N) is 1. The number of anilines is 1. The van der Waals surface area contributed by atoms with Crippen molar-refractivity contribution in [2.24, 2.45) is 0 Å². The summed E-state index contributed by atoms with van der Waals surface area (Å²) in [6.45, 7) is 0.701. The van der Waals surface area contributed by atoms with Crippen LogP contribution in [0.4, 0.5) is 18.9 Å². The molecule has 0 amide bonds. The Kier molecular flexibility index (Phi) is 4.41. The average molecular weight is 408 g/mol. The minimum atomic E-state index is -5.83. The molecular formula is C19H15F3N2O3S. The Balaban J connectivity index is 1.85. The Morgan fingerprint density at radius 3 is 2.57 bits per heavy atom. The smallest absolute Gasteiger partial charge is 0.384 e. The molecule has 0 unspecified atom stereocenters. The third-order valence-corrected chi connectivity index (χ3v) is 5.43. The Morgan fingerprint density at radius 2 is 1.86 bits per heavy atom. The van der Waals surface area contributed by atoms with Crippen LogP contribution >= 0.6 is 0 Å². The van der Waals surface area contributed by atoms with Gasteiger partial charge in [0.2, 0.25) is 5.88 Å². The van der Waals surface area contributed by atoms with Gasteiger partial charge in [-0.2, -0.15) is 21.6 Å². The first-order valence-electron chi connectivity index (χ1n) is 8.48. The quantitative estimate of drug-likeness (QED) is 0.522. The third kappa shape index (κ3) is 3.49. The fourth-order valence-electron chi connectivity index (χ4n) is 3.18. The summed E-state index contributed by atoms with van der Waals surface area (Å²) in [6, 6.07) is 14.4. The van der Waals surface area contributed by atoms with Gasteiger partial charge in [-0.05, 0) is 41.1 Å². The first-order valence-corrected chi connectivity index (χ1v) is 9.89. The van der Waals surface area contributed by atoms with Crippen molar-refractivity contribution in [1.29, 1.82) is 0 Å². The van der Waals surface area contributed by atoms with E-state index in [1.54, 1.807) is 12.1 Å². The highest BCUT2D eigenvalue weighted by Crippen LogP contribution is 2.35. The molecule has 146 valence electrons. The summed E-state index contributed by atoms with van der Waals surface area (Å²) >= 11 is 0. The Bertz CT molecular complexity index is 1150. The second-order valence-corrected chi connectivity index (χ2v) is 8.01. The van der Waals surface area contributed by atoms with Crippen LogP contribution in [-0.4, -0.2) is 25.5 Å². The van der Waals surface area contributed by atoms with E-state index in [1.807, 2.05) is 36.4 Å². The van der Waals surface area contributed by atoms with Gasteiger partial charge in [0.1, 0.15) is 0 Å². The lowest BCUT2D eigenvalue weighted by atomic mass is 10.0. The molecular weight excluding hydrogens is 393 g/mol. The number of alkyl halides is 3. The molecule has 1 aliphatic heterocycles. The lowest BCUT2D eigenvalue weighted by Gasteiger charge is -2.13. The molecule has 0 bridgehead atoms. The lowest BCUT2D eigenvalue weighted by Crippen LogP contribution is -2.28. The first-order chi connectivity index (χ1) is 13.2. The molecule has 2 heterocycles. The van der Waals surface area contributed by atoms with E-state index in [-0.39, 0.29) is 5.39 Å². The molecule has 1 N–H and O–H groups in total. The van der Waals surface area contributed by atoms with Gasteiger partial charge in [-0.1, -0.05) is 30.3 Å². The van der Waals surface area contributed by atoms with E-state index in [2.05, 4.69) is 14.5 Å². The van der Waals surface area contributed by atoms with Gasteiger partial charge in [0.05, 0.1) is 0 Å². The first kappa shape index (κ1) is 18.5. The molecule has 0 atom stereocenters. The SMILES string of the molecule is O=S(=O)(Oc1nc(Cc2ccccc2)cc2cc3c(cc12)NCC3)C(F)(F)F. The van der Waals surface area contributed by atoms with E-state index in [0.717, 1.165) is 23.2 Å². The Hall–Kier alpha value is -2.81. The van der Waals surface area contributed by atoms with E-state index >= 15 is 0 Å². The molecule has 0 radical (unpaired) electrons. The molecule has 3 aromatic rings. The standard InChI is InChI=1S/C19H15F3N2O3S/c20-19(21,22)28(25,26)27-18-16-11-17-13(6-7-23-17)9-14(16)10-15(24-18)8-12-4-2-1-3-5-12/h1-5,9-11,23H,6-8H2. The summed E-state index contributed by atoms with van der Waals surface area (Å²) in [6.07, 6.45) is 1.10. The van der Waals surface area contributed by atoms with E-state index in [4.69, 9.17) is 0 Å². The molecule has 4 rings (SSSR count). The number of fused-ring (bicyclic) bond motifs is 2. The third-order valence-electron chi connectivity index (χ3n) is 4.48. The lowest BCUT2D eigenvalue weighted by molar-refractivity contribution is -0.0500. The van der Waals surface area contributed by atoms with Gasteiger partial charge in [-0.25, -0.2) is 4.98 Å². The molecule has 5 nitrogen and oxygen atoms in total. The van der Waals surface area contributed by atoms with Crippen LogP contribution in [0.5, 0.6) is 5.88 Å². The monoisotopic (exact) mass is 408 g/mol. The van der Waals surface area contributed by atoms with Crippen molar-refractivity contribution in [2.45, 2.75) is 18.3 Å². The van der Waals surface area contributed by atoms with Gasteiger partial charge in [0.15, 0.2) is 0 Å². The highest BCUT2D eigenvalue weighted by Gasteiger charge is 2.49. The van der Waals surface area contributed by atoms with Crippen molar-refractivity contribution < 1.29 is 25.8 Å². The number of pyridine rings is 1. The summed E-state index contributed by atoms with van der Waals surface area (Å²) < 4.78 is 66.1. The van der Waals surface area contributed by atoms with Crippen LogP contribution in [-0.2, 0) is 23.0 Å². The van der Waals surface area contributed by atoms with E-state index in [1.165, 1.54) is 0 Å². The predicted octanol–water partition coefficient (Wildman–Crippen LogP) is 4.02. The van der Waals surface area contributed by atoms with Gasteiger partial charge in [-0.15, -0.1) is 0 Å². The zero-order valence-electron chi connectivity index (χ0n) is 14.5. The van der Waals surface area contributed by atoms with Crippen molar-refractivity contribution in [3.05, 3.63) is 65.4 Å².